The second kappa shape index (κ2) is 8.18. The molecule has 0 spiro atoms. The van der Waals surface area contributed by atoms with E-state index in [1.54, 1.807) is 18.2 Å². The number of nitrogen functional groups attached to an aromatic ring is 2. The van der Waals surface area contributed by atoms with Crippen molar-refractivity contribution in [2.24, 2.45) is 5.16 Å². The van der Waals surface area contributed by atoms with Gasteiger partial charge in [-0.15, -0.1) is 0 Å². The highest BCUT2D eigenvalue weighted by molar-refractivity contribution is 5.87. The molecule has 2 heterocycles. The number of nitrogens with two attached hydrogens (primary N) is 2. The van der Waals surface area contributed by atoms with Crippen LogP contribution >= 0.6 is 0 Å². The van der Waals surface area contributed by atoms with Crippen LogP contribution in [-0.2, 0) is 17.9 Å². The molecule has 7 heteroatoms. The number of oxime groups is 1. The number of anilines is 2. The Morgan fingerprint density at radius 1 is 0.966 bits per heavy atom. The molecular formula is C22H21FN4O2. The van der Waals surface area contributed by atoms with E-state index in [0.29, 0.717) is 31.1 Å². The van der Waals surface area contributed by atoms with Crippen LogP contribution in [0.4, 0.5) is 16.0 Å². The third-order valence-corrected chi connectivity index (χ3v) is 4.71. The number of nitrogens with zero attached hydrogens (tertiary/aromatic N) is 2. The van der Waals surface area contributed by atoms with Gasteiger partial charge in [0.15, 0.2) is 6.10 Å². The molecule has 4 N–H and O–H groups in total. The van der Waals surface area contributed by atoms with Gasteiger partial charge in [-0.2, -0.15) is 0 Å². The van der Waals surface area contributed by atoms with Crippen LogP contribution in [0.2, 0.25) is 0 Å². The van der Waals surface area contributed by atoms with Crippen molar-refractivity contribution in [3.63, 3.8) is 0 Å². The summed E-state index contributed by atoms with van der Waals surface area (Å²) in [6.07, 6.45) is 1.09. The number of hydrogen-bond acceptors (Lipinski definition) is 6. The lowest BCUT2D eigenvalue weighted by Gasteiger charge is -2.11. The van der Waals surface area contributed by atoms with Crippen molar-refractivity contribution in [2.45, 2.75) is 25.6 Å². The SMILES string of the molecule is Nc1ccc(C2CC(Cc3ccc(OCc4ccc(F)cc4)cc3)=NO2)c(N)n1. The number of benzene rings is 2. The predicted molar refractivity (Wildman–Crippen MR) is 110 cm³/mol. The van der Waals surface area contributed by atoms with Gasteiger partial charge >= 0.3 is 0 Å². The summed E-state index contributed by atoms with van der Waals surface area (Å²) in [6, 6.07) is 17.6. The number of ether oxygens (including phenoxy) is 1. The van der Waals surface area contributed by atoms with Crippen LogP contribution in [0.25, 0.3) is 0 Å². The largest absolute Gasteiger partial charge is 0.489 e. The number of halogens is 1. The monoisotopic (exact) mass is 392 g/mol. The van der Waals surface area contributed by atoms with Gasteiger partial charge in [-0.25, -0.2) is 9.37 Å². The molecule has 0 bridgehead atoms. The van der Waals surface area contributed by atoms with Crippen LogP contribution < -0.4 is 16.2 Å². The summed E-state index contributed by atoms with van der Waals surface area (Å²) in [6.45, 7) is 0.388. The average Bonchev–Trinajstić information content (AvgIpc) is 3.17. The first-order valence-corrected chi connectivity index (χ1v) is 9.26. The Morgan fingerprint density at radius 3 is 2.41 bits per heavy atom. The fraction of sp³-hybridized carbons (Fsp3) is 0.182. The summed E-state index contributed by atoms with van der Waals surface area (Å²) >= 11 is 0. The lowest BCUT2D eigenvalue weighted by molar-refractivity contribution is 0.0860. The Bertz CT molecular complexity index is 1020. The Balaban J connectivity index is 1.31. The molecular weight excluding hydrogens is 371 g/mol. The van der Waals surface area contributed by atoms with Gasteiger partial charge in [0.1, 0.15) is 29.8 Å². The van der Waals surface area contributed by atoms with E-state index in [1.165, 1.54) is 12.1 Å². The summed E-state index contributed by atoms with van der Waals surface area (Å²) in [4.78, 5) is 9.61. The quantitative estimate of drug-likeness (QED) is 0.660. The Labute approximate surface area is 168 Å². The van der Waals surface area contributed by atoms with Gasteiger partial charge in [-0.1, -0.05) is 29.4 Å². The molecule has 4 rings (SSSR count). The van der Waals surface area contributed by atoms with Crippen molar-refractivity contribution in [2.75, 3.05) is 11.5 Å². The van der Waals surface area contributed by atoms with E-state index in [4.69, 9.17) is 21.0 Å². The summed E-state index contributed by atoms with van der Waals surface area (Å²) in [5, 5.41) is 4.20. The molecule has 0 saturated carbocycles. The molecule has 0 amide bonds. The highest BCUT2D eigenvalue weighted by Crippen LogP contribution is 2.31. The fourth-order valence-electron chi connectivity index (χ4n) is 3.16. The summed E-state index contributed by atoms with van der Waals surface area (Å²) < 4.78 is 18.7. The first-order chi connectivity index (χ1) is 14.1. The van der Waals surface area contributed by atoms with Crippen molar-refractivity contribution in [1.82, 2.24) is 4.98 Å². The molecule has 3 aromatic rings. The molecule has 0 saturated heterocycles. The lowest BCUT2D eigenvalue weighted by atomic mass is 10.0. The minimum atomic E-state index is -0.255. The molecule has 0 aliphatic carbocycles. The van der Waals surface area contributed by atoms with E-state index in [2.05, 4.69) is 10.1 Å². The minimum Gasteiger partial charge on any atom is -0.489 e. The standard InChI is InChI=1S/C22H21FN4O2/c23-16-5-1-15(2-6-16)13-28-18-7-3-14(4-8-18)11-17-12-20(29-27-17)19-9-10-21(24)26-22(19)25/h1-10,20H,11-13H2,(H4,24,25,26). The van der Waals surface area contributed by atoms with Crippen LogP contribution in [0, 0.1) is 5.82 Å². The maximum atomic E-state index is 12.9. The van der Waals surface area contributed by atoms with E-state index in [9.17, 15) is 4.39 Å². The molecule has 6 nitrogen and oxygen atoms in total. The minimum absolute atomic E-state index is 0.239. The van der Waals surface area contributed by atoms with Crippen molar-refractivity contribution >= 4 is 17.3 Å². The number of rotatable bonds is 6. The van der Waals surface area contributed by atoms with Gasteiger partial charge in [-0.05, 0) is 47.5 Å². The number of hydrogen-bond donors (Lipinski definition) is 2. The van der Waals surface area contributed by atoms with Crippen molar-refractivity contribution < 1.29 is 14.0 Å². The average molecular weight is 392 g/mol. The third kappa shape index (κ3) is 4.63. The molecule has 1 atom stereocenters. The highest BCUT2D eigenvalue weighted by Gasteiger charge is 2.25. The Morgan fingerprint density at radius 2 is 1.69 bits per heavy atom. The molecule has 29 heavy (non-hydrogen) atoms. The maximum Gasteiger partial charge on any atom is 0.161 e. The van der Waals surface area contributed by atoms with Crippen molar-refractivity contribution in [3.05, 3.63) is 83.2 Å². The van der Waals surface area contributed by atoms with Crippen molar-refractivity contribution in [3.8, 4) is 5.75 Å². The predicted octanol–water partition coefficient (Wildman–Crippen LogP) is 4.02. The molecule has 1 unspecified atom stereocenters. The van der Waals surface area contributed by atoms with Crippen LogP contribution in [-0.4, -0.2) is 10.7 Å². The second-order valence-electron chi connectivity index (χ2n) is 6.90. The molecule has 0 radical (unpaired) electrons. The van der Waals surface area contributed by atoms with E-state index < -0.39 is 0 Å². The Kier molecular flexibility index (Phi) is 5.29. The topological polar surface area (TPSA) is 95.8 Å². The van der Waals surface area contributed by atoms with Gasteiger partial charge in [0.05, 0.1) is 5.71 Å². The molecule has 0 fully saturated rings. The van der Waals surface area contributed by atoms with Gasteiger partial charge in [0.2, 0.25) is 0 Å². The van der Waals surface area contributed by atoms with Crippen LogP contribution in [0.3, 0.4) is 0 Å². The zero-order valence-electron chi connectivity index (χ0n) is 15.7. The second-order valence-corrected chi connectivity index (χ2v) is 6.90. The summed E-state index contributed by atoms with van der Waals surface area (Å²) in [5.74, 6) is 1.25. The van der Waals surface area contributed by atoms with Crippen LogP contribution in [0.5, 0.6) is 5.75 Å². The van der Waals surface area contributed by atoms with Gasteiger partial charge in [0, 0.05) is 18.4 Å². The fourth-order valence-corrected chi connectivity index (χ4v) is 3.16. The molecule has 1 aliphatic rings. The lowest BCUT2D eigenvalue weighted by Crippen LogP contribution is -2.07. The summed E-state index contributed by atoms with van der Waals surface area (Å²) in [7, 11) is 0. The Hall–Kier alpha value is -3.61. The van der Waals surface area contributed by atoms with Gasteiger partial charge in [0.25, 0.3) is 0 Å². The molecule has 148 valence electrons. The van der Waals surface area contributed by atoms with Gasteiger partial charge in [-0.3, -0.25) is 0 Å². The zero-order chi connectivity index (χ0) is 20.2. The molecule has 1 aromatic heterocycles. The summed E-state index contributed by atoms with van der Waals surface area (Å²) in [5.41, 5.74) is 15.3. The van der Waals surface area contributed by atoms with Crippen LogP contribution in [0.1, 0.15) is 29.2 Å². The van der Waals surface area contributed by atoms with E-state index >= 15 is 0 Å². The maximum absolute atomic E-state index is 12.9. The van der Waals surface area contributed by atoms with E-state index in [-0.39, 0.29) is 11.9 Å². The number of pyridine rings is 1. The van der Waals surface area contributed by atoms with Crippen molar-refractivity contribution in [1.29, 1.82) is 0 Å². The third-order valence-electron chi connectivity index (χ3n) is 4.71. The van der Waals surface area contributed by atoms with Crippen LogP contribution in [0.15, 0.2) is 65.8 Å². The molecule has 2 aromatic carbocycles. The smallest absolute Gasteiger partial charge is 0.161 e. The van der Waals surface area contributed by atoms with E-state index in [0.717, 1.165) is 28.2 Å². The first-order valence-electron chi connectivity index (χ1n) is 9.26. The van der Waals surface area contributed by atoms with E-state index in [1.807, 2.05) is 30.3 Å². The zero-order valence-corrected chi connectivity index (χ0v) is 15.7. The molecule has 1 aliphatic heterocycles. The highest BCUT2D eigenvalue weighted by atomic mass is 19.1. The van der Waals surface area contributed by atoms with Gasteiger partial charge < -0.3 is 21.0 Å². The number of aromatic nitrogens is 1. The first kappa shape index (κ1) is 18.7. The normalized spacial score (nSPS) is 15.6.